The third-order valence-corrected chi connectivity index (χ3v) is 2.19. The highest BCUT2D eigenvalue weighted by molar-refractivity contribution is 9.09. The number of alkyl halides is 1. The average Bonchev–Trinajstić information content (AvgIpc) is 2.35. The normalized spacial score (nSPS) is 13.2. The quantitative estimate of drug-likeness (QED) is 0.745. The van der Waals surface area contributed by atoms with E-state index in [-0.39, 0.29) is 6.54 Å². The summed E-state index contributed by atoms with van der Waals surface area (Å²) in [6, 6.07) is 0. The molecule has 0 saturated carbocycles. The Morgan fingerprint density at radius 1 is 1.83 bits per heavy atom. The molecule has 0 aliphatic heterocycles. The summed E-state index contributed by atoms with van der Waals surface area (Å²) in [6.45, 7) is 1.85. The zero-order valence-electron chi connectivity index (χ0n) is 6.53. The van der Waals surface area contributed by atoms with Crippen LogP contribution in [0.3, 0.4) is 0 Å². The van der Waals surface area contributed by atoms with Gasteiger partial charge in [0.05, 0.1) is 12.6 Å². The molecule has 1 N–H and O–H groups in total. The smallest absolute Gasteiger partial charge is 0.390 e. The molecule has 0 spiro atoms. The molecule has 1 aromatic heterocycles. The van der Waals surface area contributed by atoms with Crippen LogP contribution in [0.2, 0.25) is 0 Å². The second-order valence-corrected chi connectivity index (χ2v) is 3.06. The Labute approximate surface area is 77.1 Å². The monoisotopic (exact) mass is 236 g/mol. The number of hydrogen-bond donors (Lipinski definition) is 1. The first-order chi connectivity index (χ1) is 5.65. The van der Waals surface area contributed by atoms with E-state index in [4.69, 9.17) is 0 Å². The number of aromatic nitrogens is 2. The highest BCUT2D eigenvalue weighted by Crippen LogP contribution is 1.96. The largest absolute Gasteiger partial charge is 0.441 e. The molecule has 0 aliphatic rings. The van der Waals surface area contributed by atoms with Crippen molar-refractivity contribution < 1.29 is 9.63 Å². The average molecular weight is 237 g/mol. The molecule has 68 valence electrons. The van der Waals surface area contributed by atoms with E-state index >= 15 is 0 Å². The van der Waals surface area contributed by atoms with E-state index in [1.807, 2.05) is 0 Å². The first-order valence-corrected chi connectivity index (χ1v) is 4.54. The van der Waals surface area contributed by atoms with Crippen LogP contribution in [0.15, 0.2) is 9.32 Å². The molecule has 0 bridgehead atoms. The van der Waals surface area contributed by atoms with Gasteiger partial charge in [0.1, 0.15) is 0 Å². The zero-order valence-corrected chi connectivity index (χ0v) is 8.11. The van der Waals surface area contributed by atoms with E-state index in [1.165, 1.54) is 4.57 Å². The summed E-state index contributed by atoms with van der Waals surface area (Å²) in [4.78, 5) is 10.9. The molecule has 0 aliphatic carbocycles. The molecule has 1 aromatic rings. The van der Waals surface area contributed by atoms with Crippen molar-refractivity contribution in [2.24, 2.45) is 0 Å². The highest BCUT2D eigenvalue weighted by Gasteiger charge is 2.10. The van der Waals surface area contributed by atoms with Gasteiger partial charge in [0.25, 0.3) is 0 Å². The Morgan fingerprint density at radius 2 is 2.50 bits per heavy atom. The van der Waals surface area contributed by atoms with Gasteiger partial charge in [-0.25, -0.2) is 4.79 Å². The molecule has 1 unspecified atom stereocenters. The fourth-order valence-electron chi connectivity index (χ4n) is 0.802. The minimum Gasteiger partial charge on any atom is -0.390 e. The molecular formula is C6H9BrN2O3. The number of hydrogen-bond acceptors (Lipinski definition) is 4. The predicted octanol–water partition coefficient (Wildman–Crippen LogP) is -0.0995. The molecule has 0 aromatic carbocycles. The number of aliphatic hydroxyl groups is 1. The Balaban J connectivity index is 2.81. The lowest BCUT2D eigenvalue weighted by atomic mass is 10.4. The van der Waals surface area contributed by atoms with E-state index in [0.29, 0.717) is 11.2 Å². The van der Waals surface area contributed by atoms with Crippen LogP contribution in [0, 0.1) is 6.92 Å². The Bertz CT molecular complexity index is 306. The van der Waals surface area contributed by atoms with Gasteiger partial charge in [-0.15, -0.1) is 0 Å². The van der Waals surface area contributed by atoms with Gasteiger partial charge in [-0.1, -0.05) is 21.1 Å². The van der Waals surface area contributed by atoms with Gasteiger partial charge in [-0.05, 0) is 6.92 Å². The van der Waals surface area contributed by atoms with Crippen molar-refractivity contribution in [3.05, 3.63) is 16.4 Å². The van der Waals surface area contributed by atoms with E-state index in [9.17, 15) is 9.90 Å². The van der Waals surface area contributed by atoms with Crippen molar-refractivity contribution in [2.45, 2.75) is 19.6 Å². The molecule has 0 radical (unpaired) electrons. The van der Waals surface area contributed by atoms with E-state index in [0.717, 1.165) is 0 Å². The predicted molar refractivity (Wildman–Crippen MR) is 45.3 cm³/mol. The van der Waals surface area contributed by atoms with Gasteiger partial charge >= 0.3 is 5.76 Å². The summed E-state index contributed by atoms with van der Waals surface area (Å²) in [7, 11) is 0. The summed E-state index contributed by atoms with van der Waals surface area (Å²) in [6.07, 6.45) is -0.596. The lowest BCUT2D eigenvalue weighted by molar-refractivity contribution is 0.175. The molecular weight excluding hydrogens is 228 g/mol. The van der Waals surface area contributed by atoms with Crippen LogP contribution in [0.1, 0.15) is 5.82 Å². The van der Waals surface area contributed by atoms with Gasteiger partial charge in [0, 0.05) is 5.33 Å². The molecule has 12 heavy (non-hydrogen) atoms. The van der Waals surface area contributed by atoms with Gasteiger partial charge in [0.15, 0.2) is 5.82 Å². The maximum atomic E-state index is 10.9. The highest BCUT2D eigenvalue weighted by atomic mass is 79.9. The van der Waals surface area contributed by atoms with Gasteiger partial charge < -0.3 is 5.11 Å². The lowest BCUT2D eigenvalue weighted by Crippen LogP contribution is -2.25. The standard InChI is InChI=1S/C6H9BrN2O3/c1-4-8-12-6(11)9(4)3-5(10)2-7/h5,10H,2-3H2,1H3. The molecule has 1 heterocycles. The van der Waals surface area contributed by atoms with Crippen molar-refractivity contribution >= 4 is 15.9 Å². The number of aryl methyl sites for hydroxylation is 1. The lowest BCUT2D eigenvalue weighted by Gasteiger charge is -2.05. The van der Waals surface area contributed by atoms with E-state index in [2.05, 4.69) is 25.6 Å². The van der Waals surface area contributed by atoms with E-state index < -0.39 is 11.9 Å². The van der Waals surface area contributed by atoms with Crippen LogP contribution in [0.5, 0.6) is 0 Å². The summed E-state index contributed by atoms with van der Waals surface area (Å²) >= 11 is 3.09. The molecule has 1 rings (SSSR count). The van der Waals surface area contributed by atoms with Crippen molar-refractivity contribution in [1.82, 2.24) is 9.72 Å². The number of nitrogens with zero attached hydrogens (tertiary/aromatic N) is 2. The third kappa shape index (κ3) is 1.95. The van der Waals surface area contributed by atoms with Crippen LogP contribution < -0.4 is 5.76 Å². The molecule has 6 heteroatoms. The maximum absolute atomic E-state index is 10.9. The second-order valence-electron chi connectivity index (χ2n) is 2.41. The fraction of sp³-hybridized carbons (Fsp3) is 0.667. The first-order valence-electron chi connectivity index (χ1n) is 3.42. The SMILES string of the molecule is Cc1noc(=O)n1CC(O)CBr. The van der Waals surface area contributed by atoms with Crippen LogP contribution in [-0.2, 0) is 6.54 Å². The Morgan fingerprint density at radius 3 is 2.92 bits per heavy atom. The Kier molecular flexibility index (Phi) is 3.05. The van der Waals surface area contributed by atoms with Crippen molar-refractivity contribution in [3.63, 3.8) is 0 Å². The second kappa shape index (κ2) is 3.86. The summed E-state index contributed by atoms with van der Waals surface area (Å²) in [5.41, 5.74) is 0. The van der Waals surface area contributed by atoms with Crippen molar-refractivity contribution in [1.29, 1.82) is 0 Å². The number of halogens is 1. The summed E-state index contributed by atoms with van der Waals surface area (Å²) in [5.74, 6) is -0.0625. The van der Waals surface area contributed by atoms with Crippen LogP contribution in [-0.4, -0.2) is 26.3 Å². The number of rotatable bonds is 3. The topological polar surface area (TPSA) is 68.3 Å². The summed E-state index contributed by atoms with van der Waals surface area (Å²) in [5, 5.41) is 13.1. The third-order valence-electron chi connectivity index (χ3n) is 1.44. The molecule has 5 nitrogen and oxygen atoms in total. The van der Waals surface area contributed by atoms with Crippen LogP contribution >= 0.6 is 15.9 Å². The number of aliphatic hydroxyl groups excluding tert-OH is 1. The molecule has 0 fully saturated rings. The van der Waals surface area contributed by atoms with Crippen LogP contribution in [0.25, 0.3) is 0 Å². The van der Waals surface area contributed by atoms with E-state index in [1.54, 1.807) is 6.92 Å². The maximum Gasteiger partial charge on any atom is 0.441 e. The fourth-order valence-corrected chi connectivity index (χ4v) is 1.01. The molecule has 0 saturated heterocycles. The van der Waals surface area contributed by atoms with Gasteiger partial charge in [-0.2, -0.15) is 0 Å². The van der Waals surface area contributed by atoms with Crippen molar-refractivity contribution in [3.8, 4) is 0 Å². The minimum absolute atomic E-state index is 0.208. The van der Waals surface area contributed by atoms with Crippen LogP contribution in [0.4, 0.5) is 0 Å². The zero-order chi connectivity index (χ0) is 9.14. The summed E-state index contributed by atoms with van der Waals surface area (Å²) < 4.78 is 5.66. The molecule has 0 amide bonds. The van der Waals surface area contributed by atoms with Crippen molar-refractivity contribution in [2.75, 3.05) is 5.33 Å². The van der Waals surface area contributed by atoms with Gasteiger partial charge in [0.2, 0.25) is 0 Å². The molecule has 1 atom stereocenters. The first kappa shape index (κ1) is 9.47. The van der Waals surface area contributed by atoms with Gasteiger partial charge in [-0.3, -0.25) is 9.09 Å². The Hall–Kier alpha value is -0.620. The minimum atomic E-state index is -0.596.